The van der Waals surface area contributed by atoms with E-state index in [0.29, 0.717) is 23.2 Å². The van der Waals surface area contributed by atoms with E-state index in [1.165, 1.54) is 17.0 Å². The number of ether oxygens (including phenoxy) is 1. The summed E-state index contributed by atoms with van der Waals surface area (Å²) >= 11 is 0. The first-order valence-electron chi connectivity index (χ1n) is 11.2. The van der Waals surface area contributed by atoms with Gasteiger partial charge in [0.05, 0.1) is 6.42 Å². The van der Waals surface area contributed by atoms with E-state index < -0.39 is 18.6 Å². The van der Waals surface area contributed by atoms with Crippen LogP contribution in [0.4, 0.5) is 14.9 Å². The monoisotopic (exact) mass is 478 g/mol. The van der Waals surface area contributed by atoms with Crippen molar-refractivity contribution in [2.75, 3.05) is 18.4 Å². The molecule has 8 heteroatoms. The van der Waals surface area contributed by atoms with Crippen LogP contribution in [0.5, 0.6) is 0 Å². The molecule has 0 aromatic heterocycles. The molecule has 7 nitrogen and oxygen atoms in total. The number of carboxylic acids is 1. The van der Waals surface area contributed by atoms with Crippen molar-refractivity contribution in [2.24, 2.45) is 0 Å². The maximum Gasteiger partial charge on any atom is 0.410 e. The standard InChI is InChI=1S/C27H27FN2O5/c28-23-12-8-21(9-13-23)17-25(31)29-24-14-10-22(11-15-24)19-35-27(34)30(18-26(32)33)16-4-7-20-5-2-1-3-6-20/h1-3,5-6,8-15H,4,7,16-19H2,(H,29,31)(H,32,33). The SMILES string of the molecule is O=C(O)CN(CCCc1ccccc1)C(=O)OCc1ccc(NC(=O)Cc2ccc(F)cc2)cc1. The summed E-state index contributed by atoms with van der Waals surface area (Å²) in [6, 6.07) is 22.2. The normalized spacial score (nSPS) is 10.4. The number of carboxylic acid groups (broad SMARTS) is 1. The van der Waals surface area contributed by atoms with Crippen LogP contribution < -0.4 is 5.32 Å². The van der Waals surface area contributed by atoms with Crippen molar-refractivity contribution in [2.45, 2.75) is 25.9 Å². The number of aryl methyl sites for hydroxylation is 1. The summed E-state index contributed by atoms with van der Waals surface area (Å²) in [5, 5.41) is 11.9. The highest BCUT2D eigenvalue weighted by molar-refractivity contribution is 5.92. The van der Waals surface area contributed by atoms with E-state index in [-0.39, 0.29) is 31.3 Å². The second-order valence-electron chi connectivity index (χ2n) is 8.01. The molecular formula is C27H27FN2O5. The van der Waals surface area contributed by atoms with Gasteiger partial charge in [0.25, 0.3) is 0 Å². The minimum atomic E-state index is -1.11. The van der Waals surface area contributed by atoms with Gasteiger partial charge in [-0.3, -0.25) is 14.5 Å². The lowest BCUT2D eigenvalue weighted by Gasteiger charge is -2.20. The van der Waals surface area contributed by atoms with Gasteiger partial charge in [0.1, 0.15) is 19.0 Å². The fraction of sp³-hybridized carbons (Fsp3) is 0.222. The molecule has 0 atom stereocenters. The zero-order valence-electron chi connectivity index (χ0n) is 19.2. The molecule has 0 bridgehead atoms. The zero-order valence-corrected chi connectivity index (χ0v) is 19.2. The first kappa shape index (κ1) is 25.4. The van der Waals surface area contributed by atoms with Crippen LogP contribution >= 0.6 is 0 Å². The third kappa shape index (κ3) is 8.92. The number of carbonyl (C=O) groups excluding carboxylic acids is 2. The Bertz CT molecular complexity index is 1120. The van der Waals surface area contributed by atoms with Gasteiger partial charge in [-0.15, -0.1) is 0 Å². The Labute approximate surface area is 203 Å². The number of halogens is 1. The van der Waals surface area contributed by atoms with Crippen molar-refractivity contribution in [1.82, 2.24) is 4.90 Å². The second-order valence-corrected chi connectivity index (χ2v) is 8.01. The first-order chi connectivity index (χ1) is 16.9. The Hall–Kier alpha value is -4.20. The van der Waals surface area contributed by atoms with Gasteiger partial charge in [-0.05, 0) is 53.8 Å². The number of hydrogen-bond acceptors (Lipinski definition) is 4. The second kappa shape index (κ2) is 12.9. The molecule has 0 saturated heterocycles. The number of hydrogen-bond donors (Lipinski definition) is 2. The predicted molar refractivity (Wildman–Crippen MR) is 129 cm³/mol. The molecule has 3 rings (SSSR count). The van der Waals surface area contributed by atoms with Crippen molar-refractivity contribution < 1.29 is 28.6 Å². The van der Waals surface area contributed by atoms with Crippen LogP contribution in [0.25, 0.3) is 0 Å². The maximum absolute atomic E-state index is 13.0. The number of rotatable bonds is 11. The van der Waals surface area contributed by atoms with Gasteiger partial charge in [0.2, 0.25) is 5.91 Å². The molecule has 0 radical (unpaired) electrons. The average molecular weight is 479 g/mol. The van der Waals surface area contributed by atoms with Crippen LogP contribution in [0.1, 0.15) is 23.1 Å². The molecule has 0 aliphatic rings. The van der Waals surface area contributed by atoms with Crippen molar-refractivity contribution in [3.8, 4) is 0 Å². The Balaban J connectivity index is 1.46. The summed E-state index contributed by atoms with van der Waals surface area (Å²) in [6.45, 7) is -0.205. The molecule has 0 unspecified atom stereocenters. The van der Waals surface area contributed by atoms with E-state index in [2.05, 4.69) is 5.32 Å². The summed E-state index contributed by atoms with van der Waals surface area (Å²) in [6.07, 6.45) is 0.748. The zero-order chi connectivity index (χ0) is 25.0. The fourth-order valence-electron chi connectivity index (χ4n) is 3.43. The minimum absolute atomic E-state index is 0.0303. The minimum Gasteiger partial charge on any atom is -0.480 e. The fourth-order valence-corrected chi connectivity index (χ4v) is 3.43. The van der Waals surface area contributed by atoms with Gasteiger partial charge >= 0.3 is 12.1 Å². The van der Waals surface area contributed by atoms with Gasteiger partial charge in [-0.25, -0.2) is 9.18 Å². The quantitative estimate of drug-likeness (QED) is 0.418. The number of anilines is 1. The Kier molecular flexibility index (Phi) is 9.36. The number of nitrogens with one attached hydrogen (secondary N) is 1. The van der Waals surface area contributed by atoms with Crippen LogP contribution in [0.3, 0.4) is 0 Å². The number of benzene rings is 3. The molecule has 2 N–H and O–H groups in total. The van der Waals surface area contributed by atoms with E-state index in [9.17, 15) is 18.8 Å². The maximum atomic E-state index is 13.0. The molecule has 0 fully saturated rings. The third-order valence-electron chi connectivity index (χ3n) is 5.20. The first-order valence-corrected chi connectivity index (χ1v) is 11.2. The van der Waals surface area contributed by atoms with Gasteiger partial charge in [-0.1, -0.05) is 54.6 Å². The lowest BCUT2D eigenvalue weighted by atomic mass is 10.1. The van der Waals surface area contributed by atoms with E-state index in [1.807, 2.05) is 30.3 Å². The van der Waals surface area contributed by atoms with Crippen LogP contribution in [0, 0.1) is 5.82 Å². The van der Waals surface area contributed by atoms with Gasteiger partial charge < -0.3 is 15.2 Å². The number of amides is 2. The molecular weight excluding hydrogens is 451 g/mol. The van der Waals surface area contributed by atoms with Crippen molar-refractivity contribution >= 4 is 23.7 Å². The molecule has 3 aromatic rings. The smallest absolute Gasteiger partial charge is 0.410 e. The predicted octanol–water partition coefficient (Wildman–Crippen LogP) is 4.66. The van der Waals surface area contributed by atoms with Crippen molar-refractivity contribution in [3.05, 3.63) is 101 Å². The highest BCUT2D eigenvalue weighted by Gasteiger charge is 2.18. The molecule has 182 valence electrons. The summed E-state index contributed by atoms with van der Waals surface area (Å²) in [4.78, 5) is 37.0. The lowest BCUT2D eigenvalue weighted by Crippen LogP contribution is -2.37. The van der Waals surface area contributed by atoms with Crippen molar-refractivity contribution in [1.29, 1.82) is 0 Å². The highest BCUT2D eigenvalue weighted by Crippen LogP contribution is 2.13. The molecule has 0 aliphatic heterocycles. The Morgan fingerprint density at radius 2 is 1.51 bits per heavy atom. The Morgan fingerprint density at radius 3 is 2.17 bits per heavy atom. The van der Waals surface area contributed by atoms with E-state index in [0.717, 1.165) is 12.0 Å². The van der Waals surface area contributed by atoms with Gasteiger partial charge in [0.15, 0.2) is 0 Å². The molecule has 0 saturated carbocycles. The summed E-state index contributed by atoms with van der Waals surface area (Å²) in [7, 11) is 0. The molecule has 0 aliphatic carbocycles. The van der Waals surface area contributed by atoms with E-state index in [4.69, 9.17) is 9.84 Å². The number of nitrogens with zero attached hydrogens (tertiary/aromatic N) is 1. The number of aliphatic carboxylic acids is 1. The van der Waals surface area contributed by atoms with E-state index >= 15 is 0 Å². The average Bonchev–Trinajstić information content (AvgIpc) is 2.84. The number of carbonyl (C=O) groups is 3. The molecule has 3 aromatic carbocycles. The summed E-state index contributed by atoms with van der Waals surface area (Å²) < 4.78 is 18.3. The van der Waals surface area contributed by atoms with Gasteiger partial charge in [0, 0.05) is 12.2 Å². The highest BCUT2D eigenvalue weighted by atomic mass is 19.1. The third-order valence-corrected chi connectivity index (χ3v) is 5.20. The van der Waals surface area contributed by atoms with Gasteiger partial charge in [-0.2, -0.15) is 0 Å². The van der Waals surface area contributed by atoms with Crippen molar-refractivity contribution in [3.63, 3.8) is 0 Å². The Morgan fingerprint density at radius 1 is 0.857 bits per heavy atom. The molecule has 0 spiro atoms. The lowest BCUT2D eigenvalue weighted by molar-refractivity contribution is -0.138. The van der Waals surface area contributed by atoms with E-state index in [1.54, 1.807) is 36.4 Å². The van der Waals surface area contributed by atoms with Crippen LogP contribution in [0.15, 0.2) is 78.9 Å². The topological polar surface area (TPSA) is 95.9 Å². The van der Waals surface area contributed by atoms with Crippen LogP contribution in [0.2, 0.25) is 0 Å². The largest absolute Gasteiger partial charge is 0.480 e. The summed E-state index contributed by atoms with van der Waals surface area (Å²) in [5.74, 6) is -1.71. The molecule has 2 amide bonds. The molecule has 35 heavy (non-hydrogen) atoms. The molecule has 0 heterocycles. The van der Waals surface area contributed by atoms with Crippen LogP contribution in [-0.2, 0) is 33.8 Å². The van der Waals surface area contributed by atoms with Crippen LogP contribution in [-0.4, -0.2) is 41.1 Å². The summed E-state index contributed by atoms with van der Waals surface area (Å²) in [5.41, 5.74) is 3.07.